The van der Waals surface area contributed by atoms with E-state index < -0.39 is 0 Å². The Morgan fingerprint density at radius 3 is 2.73 bits per heavy atom. The number of benzene rings is 2. The van der Waals surface area contributed by atoms with Crippen molar-refractivity contribution in [1.82, 2.24) is 0 Å². The number of nitrogens with zero attached hydrogens (tertiary/aromatic N) is 1. The largest absolute Gasteiger partial charge is 0.447 e. The van der Waals surface area contributed by atoms with Crippen LogP contribution in [-0.4, -0.2) is 25.2 Å². The van der Waals surface area contributed by atoms with Crippen LogP contribution in [0.4, 0.5) is 16.2 Å². The standard InChI is InChI=1S/C21H24N2O3/c1-16(7-5-10-17-8-3-2-4-9-17)20(24)22-18-11-6-12-19(15-18)23-13-14-26-21(23)25/h2-4,6,8-9,11-12,15-16H,5,7,10,13-14H2,1H3,(H,22,24)/t16-/m1/s1. The molecule has 3 rings (SSSR count). The molecule has 0 bridgehead atoms. The Hall–Kier alpha value is -2.82. The van der Waals surface area contributed by atoms with Gasteiger partial charge in [0.2, 0.25) is 5.91 Å². The lowest BCUT2D eigenvalue weighted by Crippen LogP contribution is -2.24. The summed E-state index contributed by atoms with van der Waals surface area (Å²) in [6.07, 6.45) is 2.44. The van der Waals surface area contributed by atoms with Gasteiger partial charge in [-0.05, 0) is 43.0 Å². The van der Waals surface area contributed by atoms with E-state index in [4.69, 9.17) is 4.74 Å². The third kappa shape index (κ3) is 4.63. The van der Waals surface area contributed by atoms with Gasteiger partial charge in [0.05, 0.1) is 6.54 Å². The molecule has 0 radical (unpaired) electrons. The first kappa shape index (κ1) is 18.0. The fraction of sp³-hybridized carbons (Fsp3) is 0.333. The van der Waals surface area contributed by atoms with Gasteiger partial charge in [-0.25, -0.2) is 4.79 Å². The van der Waals surface area contributed by atoms with Crippen molar-refractivity contribution < 1.29 is 14.3 Å². The maximum absolute atomic E-state index is 12.4. The maximum Gasteiger partial charge on any atom is 0.414 e. The van der Waals surface area contributed by atoms with Crippen LogP contribution in [0.15, 0.2) is 54.6 Å². The average Bonchev–Trinajstić information content (AvgIpc) is 3.08. The second-order valence-corrected chi connectivity index (χ2v) is 6.58. The summed E-state index contributed by atoms with van der Waals surface area (Å²) in [7, 11) is 0. The van der Waals surface area contributed by atoms with E-state index in [-0.39, 0.29) is 17.9 Å². The Bertz CT molecular complexity index is 761. The molecule has 0 aliphatic carbocycles. The molecule has 136 valence electrons. The molecule has 0 spiro atoms. The highest BCUT2D eigenvalue weighted by Gasteiger charge is 2.23. The highest BCUT2D eigenvalue weighted by molar-refractivity contribution is 5.94. The van der Waals surface area contributed by atoms with Gasteiger partial charge in [0, 0.05) is 17.3 Å². The monoisotopic (exact) mass is 352 g/mol. The lowest BCUT2D eigenvalue weighted by molar-refractivity contribution is -0.119. The van der Waals surface area contributed by atoms with E-state index in [0.29, 0.717) is 18.8 Å². The van der Waals surface area contributed by atoms with E-state index in [1.165, 1.54) is 5.56 Å². The number of carbonyl (C=O) groups is 2. The number of hydrogen-bond donors (Lipinski definition) is 1. The van der Waals surface area contributed by atoms with Crippen molar-refractivity contribution in [3.8, 4) is 0 Å². The molecule has 1 fully saturated rings. The van der Waals surface area contributed by atoms with Crippen molar-refractivity contribution in [2.75, 3.05) is 23.4 Å². The number of rotatable bonds is 7. The van der Waals surface area contributed by atoms with E-state index in [1.54, 1.807) is 11.0 Å². The van der Waals surface area contributed by atoms with Crippen LogP contribution >= 0.6 is 0 Å². The molecule has 2 aromatic rings. The van der Waals surface area contributed by atoms with Gasteiger partial charge in [-0.15, -0.1) is 0 Å². The highest BCUT2D eigenvalue weighted by atomic mass is 16.6. The third-order valence-corrected chi connectivity index (χ3v) is 4.58. The maximum atomic E-state index is 12.4. The van der Waals surface area contributed by atoms with Gasteiger partial charge in [-0.2, -0.15) is 0 Å². The Morgan fingerprint density at radius 2 is 2.00 bits per heavy atom. The van der Waals surface area contributed by atoms with Gasteiger partial charge in [0.15, 0.2) is 0 Å². The summed E-state index contributed by atoms with van der Waals surface area (Å²) in [4.78, 5) is 25.7. The van der Waals surface area contributed by atoms with Crippen LogP contribution < -0.4 is 10.2 Å². The smallest absolute Gasteiger partial charge is 0.414 e. The van der Waals surface area contributed by atoms with E-state index in [2.05, 4.69) is 17.4 Å². The normalized spacial score (nSPS) is 14.8. The minimum Gasteiger partial charge on any atom is -0.447 e. The zero-order valence-electron chi connectivity index (χ0n) is 15.0. The molecule has 0 unspecified atom stereocenters. The van der Waals surface area contributed by atoms with Gasteiger partial charge in [-0.1, -0.05) is 43.3 Å². The molecule has 2 amide bonds. The number of anilines is 2. The molecule has 0 saturated carbocycles. The highest BCUT2D eigenvalue weighted by Crippen LogP contribution is 2.23. The number of hydrogen-bond acceptors (Lipinski definition) is 3. The Balaban J connectivity index is 1.51. The zero-order valence-corrected chi connectivity index (χ0v) is 15.0. The predicted molar refractivity (Wildman–Crippen MR) is 102 cm³/mol. The molecule has 5 nitrogen and oxygen atoms in total. The summed E-state index contributed by atoms with van der Waals surface area (Å²) < 4.78 is 4.96. The van der Waals surface area contributed by atoms with Crippen molar-refractivity contribution in [2.45, 2.75) is 26.2 Å². The molecule has 1 atom stereocenters. The second kappa shape index (κ2) is 8.52. The molecular weight excluding hydrogens is 328 g/mol. The summed E-state index contributed by atoms with van der Waals surface area (Å²) in [5.74, 6) is -0.0710. The predicted octanol–water partition coefficient (Wildman–Crippen LogP) is 4.24. The molecular formula is C21H24N2O3. The van der Waals surface area contributed by atoms with Crippen molar-refractivity contribution in [1.29, 1.82) is 0 Å². The number of aryl methyl sites for hydroxylation is 1. The molecule has 2 aromatic carbocycles. The van der Waals surface area contributed by atoms with Crippen LogP contribution in [0.1, 0.15) is 25.3 Å². The van der Waals surface area contributed by atoms with Crippen molar-refractivity contribution in [3.63, 3.8) is 0 Å². The van der Waals surface area contributed by atoms with Crippen molar-refractivity contribution >= 4 is 23.4 Å². The van der Waals surface area contributed by atoms with Crippen LogP contribution in [-0.2, 0) is 16.0 Å². The SMILES string of the molecule is C[C@H](CCCc1ccccc1)C(=O)Nc1cccc(N2CCOC2=O)c1. The first-order chi connectivity index (χ1) is 12.6. The van der Waals surface area contributed by atoms with Crippen LogP contribution in [0.3, 0.4) is 0 Å². The Labute approximate surface area is 154 Å². The minimum absolute atomic E-state index is 0.000731. The molecule has 5 heteroatoms. The third-order valence-electron chi connectivity index (χ3n) is 4.58. The van der Waals surface area contributed by atoms with Crippen LogP contribution in [0, 0.1) is 5.92 Å². The fourth-order valence-corrected chi connectivity index (χ4v) is 3.03. The summed E-state index contributed by atoms with van der Waals surface area (Å²) >= 11 is 0. The van der Waals surface area contributed by atoms with Crippen LogP contribution in [0.5, 0.6) is 0 Å². The fourth-order valence-electron chi connectivity index (χ4n) is 3.03. The van der Waals surface area contributed by atoms with Crippen molar-refractivity contribution in [2.24, 2.45) is 5.92 Å². The van der Waals surface area contributed by atoms with Crippen molar-refractivity contribution in [3.05, 3.63) is 60.2 Å². The first-order valence-electron chi connectivity index (χ1n) is 9.02. The summed E-state index contributed by atoms with van der Waals surface area (Å²) in [5.41, 5.74) is 2.73. The molecule has 1 N–H and O–H groups in total. The van der Waals surface area contributed by atoms with Gasteiger partial charge in [0.1, 0.15) is 6.61 Å². The summed E-state index contributed by atoms with van der Waals surface area (Å²) in [5, 5.41) is 2.95. The van der Waals surface area contributed by atoms with Gasteiger partial charge >= 0.3 is 6.09 Å². The molecule has 1 saturated heterocycles. The Kier molecular flexibility index (Phi) is 5.89. The topological polar surface area (TPSA) is 58.6 Å². The van der Waals surface area contributed by atoms with E-state index in [0.717, 1.165) is 24.9 Å². The Morgan fingerprint density at radius 1 is 1.19 bits per heavy atom. The number of cyclic esters (lactones) is 1. The summed E-state index contributed by atoms with van der Waals surface area (Å²) in [6.45, 7) is 2.88. The van der Waals surface area contributed by atoms with Crippen LogP contribution in [0.25, 0.3) is 0 Å². The minimum atomic E-state index is -0.345. The quantitative estimate of drug-likeness (QED) is 0.811. The number of nitrogens with one attached hydrogen (secondary N) is 1. The van der Waals surface area contributed by atoms with Gasteiger partial charge in [-0.3, -0.25) is 9.69 Å². The molecule has 0 aromatic heterocycles. The lowest BCUT2D eigenvalue weighted by atomic mass is 10.0. The second-order valence-electron chi connectivity index (χ2n) is 6.58. The van der Waals surface area contributed by atoms with E-state index in [9.17, 15) is 9.59 Å². The van der Waals surface area contributed by atoms with Gasteiger partial charge < -0.3 is 10.1 Å². The first-order valence-corrected chi connectivity index (χ1v) is 9.02. The zero-order chi connectivity index (χ0) is 18.4. The van der Waals surface area contributed by atoms with E-state index in [1.807, 2.05) is 43.3 Å². The van der Waals surface area contributed by atoms with Gasteiger partial charge in [0.25, 0.3) is 0 Å². The lowest BCUT2D eigenvalue weighted by Gasteiger charge is -2.16. The number of carbonyl (C=O) groups excluding carboxylic acids is 2. The molecule has 1 aliphatic heterocycles. The number of amides is 2. The summed E-state index contributed by atoms with van der Waals surface area (Å²) in [6, 6.07) is 17.6. The molecule has 26 heavy (non-hydrogen) atoms. The average molecular weight is 352 g/mol. The molecule has 1 aliphatic rings. The van der Waals surface area contributed by atoms with Crippen LogP contribution in [0.2, 0.25) is 0 Å². The van der Waals surface area contributed by atoms with E-state index >= 15 is 0 Å². The number of ether oxygens (including phenoxy) is 1. The molecule has 1 heterocycles.